The Balaban J connectivity index is 1.45. The van der Waals surface area contributed by atoms with Gasteiger partial charge < -0.3 is 15.5 Å². The molecule has 1 unspecified atom stereocenters. The fraction of sp³-hybridized carbons (Fsp3) is 0.500. The number of nitrogens with one attached hydrogen (secondary N) is 2. The molecule has 25 heavy (non-hydrogen) atoms. The smallest absolute Gasteiger partial charge is 0.324 e. The highest BCUT2D eigenvalue weighted by atomic mass is 16.2. The first kappa shape index (κ1) is 17.3. The van der Waals surface area contributed by atoms with Crippen molar-refractivity contribution in [1.29, 1.82) is 0 Å². The molecular formula is C18H25N5O2. The van der Waals surface area contributed by atoms with Crippen LogP contribution in [0.1, 0.15) is 12.0 Å². The number of nitrogens with zero attached hydrogens (tertiary/aromatic N) is 3. The van der Waals surface area contributed by atoms with Crippen LogP contribution in [0.4, 0.5) is 4.79 Å². The van der Waals surface area contributed by atoms with E-state index in [0.717, 1.165) is 31.9 Å². The van der Waals surface area contributed by atoms with E-state index in [-0.39, 0.29) is 18.5 Å². The van der Waals surface area contributed by atoms with Gasteiger partial charge in [0, 0.05) is 33.2 Å². The first-order chi connectivity index (χ1) is 12.2. The van der Waals surface area contributed by atoms with Gasteiger partial charge >= 0.3 is 6.03 Å². The van der Waals surface area contributed by atoms with Crippen LogP contribution in [0, 0.1) is 5.92 Å². The SMILES string of the molecule is CN=C(NCCN1C(=O)CNC1=O)N1CCC(Cc2ccccc2)C1. The normalized spacial score (nSPS) is 21.0. The van der Waals surface area contributed by atoms with E-state index in [9.17, 15) is 9.59 Å². The molecule has 134 valence electrons. The Kier molecular flexibility index (Phi) is 5.53. The number of benzene rings is 1. The van der Waals surface area contributed by atoms with Gasteiger partial charge in [0.05, 0.1) is 6.54 Å². The molecule has 2 N–H and O–H groups in total. The number of carbonyl (C=O) groups is 2. The zero-order valence-corrected chi connectivity index (χ0v) is 14.6. The van der Waals surface area contributed by atoms with E-state index < -0.39 is 0 Å². The topological polar surface area (TPSA) is 77.0 Å². The predicted octanol–water partition coefficient (Wildman–Crippen LogP) is 0.678. The third kappa shape index (κ3) is 4.29. The number of guanidine groups is 1. The third-order valence-electron chi connectivity index (χ3n) is 4.72. The van der Waals surface area contributed by atoms with E-state index in [2.05, 4.69) is 44.8 Å². The van der Waals surface area contributed by atoms with Gasteiger partial charge in [-0.1, -0.05) is 30.3 Å². The maximum Gasteiger partial charge on any atom is 0.324 e. The van der Waals surface area contributed by atoms with Crippen molar-refractivity contribution in [1.82, 2.24) is 20.4 Å². The second-order valence-corrected chi connectivity index (χ2v) is 6.47. The summed E-state index contributed by atoms with van der Waals surface area (Å²) in [5.74, 6) is 1.28. The zero-order valence-electron chi connectivity index (χ0n) is 14.6. The minimum Gasteiger partial charge on any atom is -0.354 e. The number of rotatable bonds is 5. The number of hydrogen-bond acceptors (Lipinski definition) is 3. The number of urea groups is 1. The van der Waals surface area contributed by atoms with Crippen LogP contribution in [0.15, 0.2) is 35.3 Å². The summed E-state index contributed by atoms with van der Waals surface area (Å²) < 4.78 is 0. The molecule has 1 atom stereocenters. The van der Waals surface area contributed by atoms with Crippen molar-refractivity contribution in [2.24, 2.45) is 10.9 Å². The molecule has 1 aromatic carbocycles. The minimum absolute atomic E-state index is 0.0981. The van der Waals surface area contributed by atoms with Crippen molar-refractivity contribution >= 4 is 17.9 Å². The lowest BCUT2D eigenvalue weighted by Crippen LogP contribution is -2.44. The van der Waals surface area contributed by atoms with E-state index >= 15 is 0 Å². The maximum atomic E-state index is 11.6. The Morgan fingerprint density at radius 2 is 2.12 bits per heavy atom. The van der Waals surface area contributed by atoms with E-state index in [0.29, 0.717) is 19.0 Å². The quantitative estimate of drug-likeness (QED) is 0.468. The van der Waals surface area contributed by atoms with Crippen LogP contribution < -0.4 is 10.6 Å². The standard InChI is InChI=1S/C18H25N5O2/c1-19-17(20-8-10-23-16(24)12-21-18(23)25)22-9-7-15(13-22)11-14-5-3-2-4-6-14/h2-6,15H,7-13H2,1H3,(H,19,20)(H,21,25). The summed E-state index contributed by atoms with van der Waals surface area (Å²) in [5, 5.41) is 5.79. The van der Waals surface area contributed by atoms with Crippen molar-refractivity contribution in [3.8, 4) is 0 Å². The number of likely N-dealkylation sites (tertiary alicyclic amines) is 1. The van der Waals surface area contributed by atoms with Crippen LogP contribution >= 0.6 is 0 Å². The molecule has 3 rings (SSSR count). The number of hydrogen-bond donors (Lipinski definition) is 2. The highest BCUT2D eigenvalue weighted by Crippen LogP contribution is 2.20. The molecule has 0 aromatic heterocycles. The van der Waals surface area contributed by atoms with Gasteiger partial charge in [-0.2, -0.15) is 0 Å². The largest absolute Gasteiger partial charge is 0.354 e. The summed E-state index contributed by atoms with van der Waals surface area (Å²) in [6.45, 7) is 2.90. The fourth-order valence-electron chi connectivity index (χ4n) is 3.43. The summed E-state index contributed by atoms with van der Waals surface area (Å²) in [5.41, 5.74) is 1.37. The molecular weight excluding hydrogens is 318 g/mol. The minimum atomic E-state index is -0.314. The molecule has 1 aromatic rings. The summed E-state index contributed by atoms with van der Waals surface area (Å²) in [4.78, 5) is 30.9. The van der Waals surface area contributed by atoms with Gasteiger partial charge in [-0.15, -0.1) is 0 Å². The molecule has 2 aliphatic rings. The summed E-state index contributed by atoms with van der Waals surface area (Å²) >= 11 is 0. The Morgan fingerprint density at radius 1 is 1.32 bits per heavy atom. The van der Waals surface area contributed by atoms with Crippen molar-refractivity contribution < 1.29 is 9.59 Å². The van der Waals surface area contributed by atoms with Crippen LogP contribution in [-0.2, 0) is 11.2 Å². The van der Waals surface area contributed by atoms with E-state index in [1.807, 2.05) is 6.07 Å². The number of amides is 3. The summed E-state index contributed by atoms with van der Waals surface area (Å²) in [6.07, 6.45) is 2.22. The van der Waals surface area contributed by atoms with Crippen LogP contribution in [-0.4, -0.2) is 67.5 Å². The first-order valence-corrected chi connectivity index (χ1v) is 8.75. The van der Waals surface area contributed by atoms with Crippen LogP contribution in [0.25, 0.3) is 0 Å². The van der Waals surface area contributed by atoms with Gasteiger partial charge in [-0.05, 0) is 24.3 Å². The van der Waals surface area contributed by atoms with E-state index in [1.165, 1.54) is 10.5 Å². The van der Waals surface area contributed by atoms with Crippen molar-refractivity contribution in [3.63, 3.8) is 0 Å². The maximum absolute atomic E-state index is 11.6. The van der Waals surface area contributed by atoms with Crippen LogP contribution in [0.5, 0.6) is 0 Å². The molecule has 0 bridgehead atoms. The van der Waals surface area contributed by atoms with Crippen molar-refractivity contribution in [2.75, 3.05) is 39.8 Å². The van der Waals surface area contributed by atoms with Crippen molar-refractivity contribution in [3.05, 3.63) is 35.9 Å². The average Bonchev–Trinajstić information content (AvgIpc) is 3.20. The van der Waals surface area contributed by atoms with Gasteiger partial charge in [0.2, 0.25) is 5.91 Å². The molecule has 0 radical (unpaired) electrons. The lowest BCUT2D eigenvalue weighted by atomic mass is 9.99. The summed E-state index contributed by atoms with van der Waals surface area (Å²) in [6, 6.07) is 10.2. The van der Waals surface area contributed by atoms with Gasteiger partial charge in [0.15, 0.2) is 5.96 Å². The van der Waals surface area contributed by atoms with Crippen molar-refractivity contribution in [2.45, 2.75) is 12.8 Å². The number of aliphatic imine (C=N–C) groups is 1. The van der Waals surface area contributed by atoms with Gasteiger partial charge in [0.25, 0.3) is 0 Å². The van der Waals surface area contributed by atoms with Crippen LogP contribution in [0.3, 0.4) is 0 Å². The molecule has 7 nitrogen and oxygen atoms in total. The van der Waals surface area contributed by atoms with E-state index in [4.69, 9.17) is 0 Å². The lowest BCUT2D eigenvalue weighted by Gasteiger charge is -2.22. The van der Waals surface area contributed by atoms with Gasteiger partial charge in [-0.3, -0.25) is 14.7 Å². The lowest BCUT2D eigenvalue weighted by molar-refractivity contribution is -0.124. The number of imide groups is 1. The van der Waals surface area contributed by atoms with Gasteiger partial charge in [-0.25, -0.2) is 4.79 Å². The Labute approximate surface area is 148 Å². The fourth-order valence-corrected chi connectivity index (χ4v) is 3.43. The van der Waals surface area contributed by atoms with E-state index in [1.54, 1.807) is 7.05 Å². The Hall–Kier alpha value is -2.57. The predicted molar refractivity (Wildman–Crippen MR) is 96.3 cm³/mol. The highest BCUT2D eigenvalue weighted by molar-refractivity contribution is 6.01. The Morgan fingerprint density at radius 3 is 2.80 bits per heavy atom. The monoisotopic (exact) mass is 343 g/mol. The number of carbonyl (C=O) groups excluding carboxylic acids is 2. The first-order valence-electron chi connectivity index (χ1n) is 8.75. The third-order valence-corrected chi connectivity index (χ3v) is 4.72. The highest BCUT2D eigenvalue weighted by Gasteiger charge is 2.28. The molecule has 2 heterocycles. The molecule has 0 aliphatic carbocycles. The molecule has 0 spiro atoms. The molecule has 7 heteroatoms. The molecule has 2 saturated heterocycles. The van der Waals surface area contributed by atoms with Crippen LogP contribution in [0.2, 0.25) is 0 Å². The second kappa shape index (κ2) is 8.00. The second-order valence-electron chi connectivity index (χ2n) is 6.47. The zero-order chi connectivity index (χ0) is 17.6. The molecule has 2 fully saturated rings. The average molecular weight is 343 g/mol. The Bertz CT molecular complexity index is 630. The molecule has 3 amide bonds. The molecule has 2 aliphatic heterocycles. The molecule has 0 saturated carbocycles. The van der Waals surface area contributed by atoms with Gasteiger partial charge in [0.1, 0.15) is 0 Å². The summed E-state index contributed by atoms with van der Waals surface area (Å²) in [7, 11) is 1.76.